The van der Waals surface area contributed by atoms with Crippen LogP contribution in [0.4, 0.5) is 9.93 Å². The molecular weight excluding hydrogens is 266 g/mol. The Morgan fingerprint density at radius 2 is 2.24 bits per heavy atom. The average Bonchev–Trinajstić information content (AvgIpc) is 2.85. The Bertz CT molecular complexity index is 630. The zero-order valence-corrected chi connectivity index (χ0v) is 9.88. The number of aromatic amines is 1. The van der Waals surface area contributed by atoms with E-state index in [4.69, 9.17) is 5.73 Å². The van der Waals surface area contributed by atoms with Gasteiger partial charge in [-0.15, -0.1) is 0 Å². The molecule has 4 N–H and O–H groups in total. The molecule has 0 aliphatic rings. The van der Waals surface area contributed by atoms with Crippen molar-refractivity contribution >= 4 is 32.3 Å². The van der Waals surface area contributed by atoms with Gasteiger partial charge in [-0.1, -0.05) is 11.3 Å². The Morgan fingerprint density at radius 3 is 2.82 bits per heavy atom. The Hall–Kier alpha value is -1.94. The highest BCUT2D eigenvalue weighted by Gasteiger charge is 2.23. The molecule has 0 aliphatic heterocycles. The summed E-state index contributed by atoms with van der Waals surface area (Å²) in [6.07, 6.45) is 3.86. The number of H-pyrrole nitrogens is 1. The van der Waals surface area contributed by atoms with Gasteiger partial charge in [-0.25, -0.2) is 23.2 Å². The van der Waals surface area contributed by atoms with Gasteiger partial charge in [0, 0.05) is 12.4 Å². The number of imidazole rings is 1. The van der Waals surface area contributed by atoms with Gasteiger partial charge in [-0.2, -0.15) is 0 Å². The van der Waals surface area contributed by atoms with Crippen molar-refractivity contribution in [3.63, 3.8) is 0 Å². The lowest BCUT2D eigenvalue weighted by Crippen LogP contribution is -2.18. The number of carbonyl (C=O) groups excluding carboxylic acids is 1. The molecule has 0 aliphatic carbocycles. The summed E-state index contributed by atoms with van der Waals surface area (Å²) in [6, 6.07) is -0.804. The van der Waals surface area contributed by atoms with Crippen LogP contribution in [0.2, 0.25) is 0 Å². The molecule has 0 saturated carbocycles. The molecule has 17 heavy (non-hydrogen) atoms. The number of thiazole rings is 1. The first-order chi connectivity index (χ1) is 8.00. The normalized spacial score (nSPS) is 11.3. The van der Waals surface area contributed by atoms with Gasteiger partial charge in [-0.05, 0) is 0 Å². The Labute approximate surface area is 99.8 Å². The number of sulfone groups is 1. The number of nitrogens with zero attached hydrogens (tertiary/aromatic N) is 2. The molecule has 2 aromatic heterocycles. The molecule has 0 radical (unpaired) electrons. The van der Waals surface area contributed by atoms with E-state index in [-0.39, 0.29) is 14.5 Å². The number of aromatic nitrogens is 3. The summed E-state index contributed by atoms with van der Waals surface area (Å²) in [4.78, 5) is 20.4. The number of anilines is 1. The predicted molar refractivity (Wildman–Crippen MR) is 59.4 cm³/mol. The van der Waals surface area contributed by atoms with E-state index >= 15 is 0 Å². The minimum atomic E-state index is -3.71. The first-order valence-corrected chi connectivity index (χ1v) is 6.57. The number of rotatable bonds is 3. The van der Waals surface area contributed by atoms with Gasteiger partial charge in [-0.3, -0.25) is 5.32 Å². The molecule has 0 spiro atoms. The number of carbonyl (C=O) groups is 1. The molecule has 0 atom stereocenters. The van der Waals surface area contributed by atoms with Crippen LogP contribution in [0, 0.1) is 0 Å². The summed E-state index contributed by atoms with van der Waals surface area (Å²) >= 11 is 0.795. The van der Waals surface area contributed by atoms with Crippen molar-refractivity contribution in [3.8, 4) is 0 Å². The highest BCUT2D eigenvalue weighted by molar-refractivity contribution is 7.93. The second-order valence-electron chi connectivity index (χ2n) is 2.87. The van der Waals surface area contributed by atoms with Crippen molar-refractivity contribution in [1.82, 2.24) is 15.0 Å². The van der Waals surface area contributed by atoms with E-state index in [1.165, 1.54) is 12.4 Å². The number of nitrogens with two attached hydrogens (primary N) is 1. The Morgan fingerprint density at radius 1 is 1.47 bits per heavy atom. The molecule has 10 heteroatoms. The van der Waals surface area contributed by atoms with E-state index in [0.717, 1.165) is 17.5 Å². The summed E-state index contributed by atoms with van der Waals surface area (Å²) in [5.74, 6) is 0. The molecule has 0 bridgehead atoms. The molecule has 2 heterocycles. The van der Waals surface area contributed by atoms with E-state index in [1.807, 2.05) is 0 Å². The number of urea groups is 1. The summed E-state index contributed by atoms with van der Waals surface area (Å²) in [7, 11) is -3.71. The molecular formula is C7H7N5O3S2. The number of hydrogen-bond acceptors (Lipinski definition) is 6. The topological polar surface area (TPSA) is 131 Å². The van der Waals surface area contributed by atoms with Crippen molar-refractivity contribution in [2.24, 2.45) is 5.73 Å². The van der Waals surface area contributed by atoms with Crippen LogP contribution in [0.15, 0.2) is 28.0 Å². The number of hydrogen-bond donors (Lipinski definition) is 3. The second kappa shape index (κ2) is 4.14. The lowest BCUT2D eigenvalue weighted by atomic mass is 10.9. The predicted octanol–water partition coefficient (Wildman–Crippen LogP) is 0.190. The quantitative estimate of drug-likeness (QED) is 0.734. The summed E-state index contributed by atoms with van der Waals surface area (Å²) in [5.41, 5.74) is 4.89. The van der Waals surface area contributed by atoms with Gasteiger partial charge in [0.1, 0.15) is 4.21 Å². The standard InChI is InChI=1S/C7H7N5O3S2/c8-5(13)12-6-11-3-4(16-6)17(14,15)7-9-1-2-10-7/h1-3H,(H,9,10)(H3,8,11,12,13). The molecule has 0 saturated heterocycles. The fourth-order valence-electron chi connectivity index (χ4n) is 1.04. The molecule has 0 aromatic carbocycles. The molecule has 2 aromatic rings. The zero-order chi connectivity index (χ0) is 12.5. The Balaban J connectivity index is 2.35. The van der Waals surface area contributed by atoms with Crippen molar-refractivity contribution in [2.45, 2.75) is 9.37 Å². The lowest BCUT2D eigenvalue weighted by molar-refractivity contribution is 0.259. The number of primary amides is 1. The number of nitrogens with one attached hydrogen (secondary N) is 2. The van der Waals surface area contributed by atoms with E-state index in [2.05, 4.69) is 20.3 Å². The maximum Gasteiger partial charge on any atom is 0.318 e. The maximum absolute atomic E-state index is 11.9. The van der Waals surface area contributed by atoms with Gasteiger partial charge in [0.2, 0.25) is 5.16 Å². The minimum Gasteiger partial charge on any atom is -0.351 e. The molecule has 2 rings (SSSR count). The molecule has 0 unspecified atom stereocenters. The monoisotopic (exact) mass is 273 g/mol. The van der Waals surface area contributed by atoms with Crippen molar-refractivity contribution < 1.29 is 13.2 Å². The first-order valence-electron chi connectivity index (χ1n) is 4.27. The van der Waals surface area contributed by atoms with Gasteiger partial charge in [0.05, 0.1) is 6.20 Å². The maximum atomic E-state index is 11.9. The molecule has 0 fully saturated rings. The van der Waals surface area contributed by atoms with Gasteiger partial charge in [0.15, 0.2) is 5.13 Å². The van der Waals surface area contributed by atoms with Crippen LogP contribution in [-0.2, 0) is 9.84 Å². The van der Waals surface area contributed by atoms with Gasteiger partial charge >= 0.3 is 6.03 Å². The summed E-state index contributed by atoms with van der Waals surface area (Å²) in [6.45, 7) is 0. The van der Waals surface area contributed by atoms with Crippen LogP contribution in [-0.4, -0.2) is 29.4 Å². The van der Waals surface area contributed by atoms with Crippen LogP contribution in [0.3, 0.4) is 0 Å². The third-order valence-electron chi connectivity index (χ3n) is 1.71. The Kier molecular flexibility index (Phi) is 2.81. The number of amides is 2. The van der Waals surface area contributed by atoms with Crippen LogP contribution in [0.1, 0.15) is 0 Å². The van der Waals surface area contributed by atoms with Crippen molar-refractivity contribution in [1.29, 1.82) is 0 Å². The van der Waals surface area contributed by atoms with Crippen LogP contribution in [0.5, 0.6) is 0 Å². The summed E-state index contributed by atoms with van der Waals surface area (Å²) in [5, 5.41) is 2.13. The lowest BCUT2D eigenvalue weighted by Gasteiger charge is -1.95. The fourth-order valence-corrected chi connectivity index (χ4v) is 3.31. The first kappa shape index (κ1) is 11.5. The largest absolute Gasteiger partial charge is 0.351 e. The molecule has 90 valence electrons. The highest BCUT2D eigenvalue weighted by atomic mass is 32.2. The minimum absolute atomic E-state index is 0.0313. The van der Waals surface area contributed by atoms with Crippen molar-refractivity contribution in [2.75, 3.05) is 5.32 Å². The van der Waals surface area contributed by atoms with E-state index in [9.17, 15) is 13.2 Å². The highest BCUT2D eigenvalue weighted by Crippen LogP contribution is 2.26. The molecule has 2 amide bonds. The van der Waals surface area contributed by atoms with Gasteiger partial charge in [0.25, 0.3) is 9.84 Å². The smallest absolute Gasteiger partial charge is 0.318 e. The van der Waals surface area contributed by atoms with E-state index in [1.54, 1.807) is 0 Å². The summed E-state index contributed by atoms with van der Waals surface area (Å²) < 4.78 is 23.8. The van der Waals surface area contributed by atoms with Crippen molar-refractivity contribution in [3.05, 3.63) is 18.6 Å². The van der Waals surface area contributed by atoms with Gasteiger partial charge < -0.3 is 10.7 Å². The fraction of sp³-hybridized carbons (Fsp3) is 0. The second-order valence-corrected chi connectivity index (χ2v) is 5.99. The third kappa shape index (κ3) is 2.26. The third-order valence-corrected chi connectivity index (χ3v) is 4.69. The average molecular weight is 273 g/mol. The zero-order valence-electron chi connectivity index (χ0n) is 8.25. The van der Waals surface area contributed by atoms with E-state index < -0.39 is 15.9 Å². The van der Waals surface area contributed by atoms with E-state index in [0.29, 0.717) is 0 Å². The molecule has 8 nitrogen and oxygen atoms in total. The SMILES string of the molecule is NC(=O)Nc1ncc(S(=O)(=O)c2ncc[nH]2)s1. The van der Waals surface area contributed by atoms with Crippen LogP contribution in [0.25, 0.3) is 0 Å². The van der Waals surface area contributed by atoms with Crippen LogP contribution >= 0.6 is 11.3 Å². The van der Waals surface area contributed by atoms with Crippen LogP contribution < -0.4 is 11.1 Å².